The second-order valence-electron chi connectivity index (χ2n) is 25.1. The second-order valence-corrected chi connectivity index (χ2v) is 25.1. The summed E-state index contributed by atoms with van der Waals surface area (Å²) in [5, 5.41) is 31.4. The molecule has 0 bridgehead atoms. The van der Waals surface area contributed by atoms with Gasteiger partial charge in [0.1, 0.15) is 72.8 Å². The van der Waals surface area contributed by atoms with E-state index in [-0.39, 0.29) is 117 Å². The van der Waals surface area contributed by atoms with E-state index >= 15 is 0 Å². The summed E-state index contributed by atoms with van der Waals surface area (Å²) in [5.41, 5.74) is -1.53. The summed E-state index contributed by atoms with van der Waals surface area (Å²) in [6.45, 7) is 19.2. The molecule has 0 saturated carbocycles. The van der Waals surface area contributed by atoms with Crippen LogP contribution < -0.4 is 63.8 Å². The van der Waals surface area contributed by atoms with E-state index in [0.717, 1.165) is 0 Å². The highest BCUT2D eigenvalue weighted by Crippen LogP contribution is 2.22. The van der Waals surface area contributed by atoms with E-state index in [1.54, 1.807) is 41.5 Å². The molecule has 0 unspecified atom stereocenters. The Morgan fingerprint density at radius 3 is 1.09 bits per heavy atom. The Bertz CT molecular complexity index is 2460. The molecule has 94 heavy (non-hydrogen) atoms. The molecule has 3 aliphatic rings. The maximum atomic E-state index is 14.6. The standard InChI is InChI=1S/C62H102N14O18/c1-11-35-91-57(87)63-29-17-13-23-41-51(81)69-39(3)49(79)73-43(25-15-19-31-65-59(89)93-61(5,6)7)55(85)76-34-22-28-46(76)54(84)68-38-48(78)72-42(24-14-18-30-64-58(88)92-36-12-2)52(82)70-40(4)50(80)74-44(26-16-20-32-66-60(90)94-62(8,9)10)56(86)75-33-21-27-45(75)53(83)67-37-47(77)71-41/h11-12,39-46H,1-2,13-38H2,3-10H3,(H,63,87)(H,64,88)(H,65,89)(H,66,90)(H,67,83)(H,68,84)(H,69,81)(H,70,82)(H,71,77)(H,72,78)(H,73,79)(H,74,80)/t39-,40-,41-,42-,43-,44+,45-,46-/m0/s1. The number of carbonyl (C=O) groups is 14. The predicted molar refractivity (Wildman–Crippen MR) is 341 cm³/mol. The summed E-state index contributed by atoms with van der Waals surface area (Å²) in [5.74, 6) is -7.73. The van der Waals surface area contributed by atoms with Gasteiger partial charge in [0.05, 0.1) is 13.1 Å². The fraction of sp³-hybridized carbons (Fsp3) is 0.710. The van der Waals surface area contributed by atoms with E-state index in [9.17, 15) is 67.1 Å². The maximum Gasteiger partial charge on any atom is 0.407 e. The van der Waals surface area contributed by atoms with Gasteiger partial charge in [-0.1, -0.05) is 25.3 Å². The van der Waals surface area contributed by atoms with Crippen LogP contribution in [0.15, 0.2) is 25.3 Å². The van der Waals surface area contributed by atoms with E-state index in [0.29, 0.717) is 38.5 Å². The number of fused-ring (bicyclic) bond motifs is 2. The molecule has 0 aromatic rings. The van der Waals surface area contributed by atoms with Crippen molar-refractivity contribution in [1.82, 2.24) is 73.6 Å². The van der Waals surface area contributed by atoms with Crippen LogP contribution in [-0.2, 0) is 66.9 Å². The number of amides is 14. The molecule has 3 fully saturated rings. The van der Waals surface area contributed by atoms with E-state index in [1.807, 2.05) is 0 Å². The fourth-order valence-electron chi connectivity index (χ4n) is 10.1. The minimum atomic E-state index is -1.35. The Balaban J connectivity index is 2.02. The number of nitrogens with zero attached hydrogens (tertiary/aromatic N) is 2. The van der Waals surface area contributed by atoms with Crippen LogP contribution in [0, 0.1) is 0 Å². The highest BCUT2D eigenvalue weighted by Gasteiger charge is 2.41. The van der Waals surface area contributed by atoms with Crippen molar-refractivity contribution in [1.29, 1.82) is 0 Å². The van der Waals surface area contributed by atoms with E-state index in [4.69, 9.17) is 18.9 Å². The van der Waals surface area contributed by atoms with Crippen LogP contribution >= 0.6 is 0 Å². The average molecular weight is 1330 g/mol. The van der Waals surface area contributed by atoms with Crippen LogP contribution in [0.5, 0.6) is 0 Å². The first-order valence-corrected chi connectivity index (χ1v) is 32.4. The third-order valence-electron chi connectivity index (χ3n) is 14.8. The van der Waals surface area contributed by atoms with Crippen LogP contribution in [0.4, 0.5) is 19.2 Å². The minimum Gasteiger partial charge on any atom is -0.445 e. The second kappa shape index (κ2) is 41.1. The lowest BCUT2D eigenvalue weighted by Gasteiger charge is -2.30. The van der Waals surface area contributed by atoms with Gasteiger partial charge in [0.25, 0.3) is 0 Å². The summed E-state index contributed by atoms with van der Waals surface area (Å²) < 4.78 is 20.5. The summed E-state index contributed by atoms with van der Waals surface area (Å²) in [6.07, 6.45) is 3.24. The molecule has 0 radical (unpaired) electrons. The van der Waals surface area contributed by atoms with Crippen molar-refractivity contribution in [2.45, 2.75) is 218 Å². The molecule has 0 aromatic heterocycles. The molecule has 0 aromatic carbocycles. The monoisotopic (exact) mass is 1330 g/mol. The number of carbonyl (C=O) groups excluding carboxylic acids is 14. The number of ether oxygens (including phenoxy) is 4. The number of alkyl carbamates (subject to hydrolysis) is 4. The van der Waals surface area contributed by atoms with Gasteiger partial charge in [0, 0.05) is 39.3 Å². The smallest absolute Gasteiger partial charge is 0.407 e. The Morgan fingerprint density at radius 1 is 0.447 bits per heavy atom. The lowest BCUT2D eigenvalue weighted by Crippen LogP contribution is -2.59. The number of unbranched alkanes of at least 4 members (excludes halogenated alkanes) is 4. The molecule has 3 heterocycles. The summed E-state index contributed by atoms with van der Waals surface area (Å²) in [7, 11) is 0. The third kappa shape index (κ3) is 30.8. The van der Waals surface area contributed by atoms with Gasteiger partial charge in [0.2, 0.25) is 59.1 Å². The van der Waals surface area contributed by atoms with Crippen LogP contribution in [0.25, 0.3) is 0 Å². The summed E-state index contributed by atoms with van der Waals surface area (Å²) >= 11 is 0. The Labute approximate surface area is 549 Å². The Kier molecular flexibility index (Phi) is 34.7. The largest absolute Gasteiger partial charge is 0.445 e. The molecule has 3 aliphatic heterocycles. The van der Waals surface area contributed by atoms with Crippen LogP contribution in [0.3, 0.4) is 0 Å². The van der Waals surface area contributed by atoms with Crippen molar-refractivity contribution >= 4 is 83.4 Å². The number of nitrogens with one attached hydrogen (secondary N) is 12. The van der Waals surface area contributed by atoms with Crippen LogP contribution in [0.1, 0.15) is 158 Å². The highest BCUT2D eigenvalue weighted by molar-refractivity contribution is 5.99. The molecular weight excluding hydrogens is 1230 g/mol. The van der Waals surface area contributed by atoms with Crippen molar-refractivity contribution in [2.24, 2.45) is 0 Å². The van der Waals surface area contributed by atoms with Gasteiger partial charge in [-0.05, 0) is 158 Å². The van der Waals surface area contributed by atoms with Gasteiger partial charge in [-0.3, -0.25) is 47.9 Å². The fourth-order valence-corrected chi connectivity index (χ4v) is 10.1. The summed E-state index contributed by atoms with van der Waals surface area (Å²) in [4.78, 5) is 193. The van der Waals surface area contributed by atoms with Crippen molar-refractivity contribution in [3.63, 3.8) is 0 Å². The molecule has 8 atom stereocenters. The topological polar surface area (TPSA) is 427 Å². The molecule has 0 spiro atoms. The van der Waals surface area contributed by atoms with Crippen molar-refractivity contribution in [3.8, 4) is 0 Å². The molecule has 0 aliphatic carbocycles. The first-order valence-electron chi connectivity index (χ1n) is 32.4. The molecule has 12 N–H and O–H groups in total. The van der Waals surface area contributed by atoms with Gasteiger partial charge in [-0.25, -0.2) is 19.2 Å². The molecule has 528 valence electrons. The lowest BCUT2D eigenvalue weighted by molar-refractivity contribution is -0.142. The number of rotatable bonds is 24. The van der Waals surface area contributed by atoms with Crippen LogP contribution in [-0.4, -0.2) is 218 Å². The van der Waals surface area contributed by atoms with Gasteiger partial charge in [-0.2, -0.15) is 0 Å². The molecule has 3 rings (SSSR count). The van der Waals surface area contributed by atoms with Crippen LogP contribution in [0.2, 0.25) is 0 Å². The maximum absolute atomic E-state index is 14.6. The molecule has 32 heteroatoms. The number of hydrogen-bond donors (Lipinski definition) is 12. The zero-order chi connectivity index (χ0) is 70.0. The summed E-state index contributed by atoms with van der Waals surface area (Å²) in [6, 6.07) is -10.2. The average Bonchev–Trinajstić information content (AvgIpc) is 1.83. The first kappa shape index (κ1) is 79.5. The molecule has 3 saturated heterocycles. The predicted octanol–water partition coefficient (Wildman–Crippen LogP) is 0.718. The van der Waals surface area contributed by atoms with Gasteiger partial charge in [0.15, 0.2) is 0 Å². The zero-order valence-corrected chi connectivity index (χ0v) is 55.8. The zero-order valence-electron chi connectivity index (χ0n) is 55.8. The quantitative estimate of drug-likeness (QED) is 0.0360. The normalized spacial score (nSPS) is 22.7. The number of hydrogen-bond acceptors (Lipinski definition) is 18. The van der Waals surface area contributed by atoms with Crippen molar-refractivity contribution in [3.05, 3.63) is 25.3 Å². The molecule has 32 nitrogen and oxygen atoms in total. The van der Waals surface area contributed by atoms with Gasteiger partial charge in [-0.15, -0.1) is 0 Å². The van der Waals surface area contributed by atoms with Crippen molar-refractivity contribution in [2.75, 3.05) is 65.6 Å². The lowest BCUT2D eigenvalue weighted by atomic mass is 10.1. The third-order valence-corrected chi connectivity index (χ3v) is 14.8. The minimum absolute atomic E-state index is 0.00274. The molecular formula is C62H102N14O18. The van der Waals surface area contributed by atoms with E-state index < -0.39 is 156 Å². The van der Waals surface area contributed by atoms with Gasteiger partial charge >= 0.3 is 24.4 Å². The van der Waals surface area contributed by atoms with Gasteiger partial charge < -0.3 is 92.5 Å². The molecule has 14 amide bonds. The van der Waals surface area contributed by atoms with Crippen molar-refractivity contribution < 1.29 is 86.1 Å². The van der Waals surface area contributed by atoms with E-state index in [2.05, 4.69) is 77.0 Å². The Morgan fingerprint density at radius 2 is 0.766 bits per heavy atom. The Hall–Kier alpha value is -8.74. The highest BCUT2D eigenvalue weighted by atomic mass is 16.6. The van der Waals surface area contributed by atoms with E-state index in [1.165, 1.54) is 35.8 Å². The first-order chi connectivity index (χ1) is 44.4. The SMILES string of the molecule is C=CCOC(=O)NCCCC[C@@H]1NC(=O)CNC(=O)[C@@H]2CCCN2C(=O)[C@@H](CCCCNC(=O)OC(C)(C)C)NC(=O)[C@H](C)NC(=O)[C@H](CCCCNC(=O)OCC=C)NC(=O)CNC(=O)[C@@H]2CCCN2C(=O)[C@H](CCCCNC(=O)OC(C)(C)C)NC(=O)[C@H](C)NC1=O.